The lowest BCUT2D eigenvalue weighted by Gasteiger charge is -1.70. The molecule has 0 aromatic carbocycles. The third kappa shape index (κ3) is 8.84. The van der Waals surface area contributed by atoms with Gasteiger partial charge in [-0.2, -0.15) is 0 Å². The summed E-state index contributed by atoms with van der Waals surface area (Å²) in [6.07, 6.45) is 0. The van der Waals surface area contributed by atoms with Crippen LogP contribution in [0.4, 0.5) is 0 Å². The molecule has 1 atom stereocenters. The van der Waals surface area contributed by atoms with Crippen LogP contribution in [-0.4, -0.2) is 11.3 Å². The summed E-state index contributed by atoms with van der Waals surface area (Å²) in [5.41, 5.74) is 0. The standard InChI is InChI=1S/CH4O2S2.CH4/c1-3-5(2)4;/h5H,1H3;1H4. The van der Waals surface area contributed by atoms with Gasteiger partial charge in [0.05, 0.1) is 7.11 Å². The lowest BCUT2D eigenvalue weighted by molar-refractivity contribution is 0.460. The predicted molar refractivity (Wildman–Crippen MR) is 30.6 cm³/mol. The molecule has 0 aromatic heterocycles. The maximum Gasteiger partial charge on any atom is 0.132 e. The van der Waals surface area contributed by atoms with Gasteiger partial charge in [0, 0.05) is 11.2 Å². The van der Waals surface area contributed by atoms with E-state index < -0.39 is 9.64 Å². The fourth-order valence-corrected chi connectivity index (χ4v) is 0. The first-order valence-corrected chi connectivity index (χ1v) is 3.15. The van der Waals surface area contributed by atoms with Gasteiger partial charge in [-0.25, -0.2) is 4.21 Å². The zero-order chi connectivity index (χ0) is 4.28. The normalized spacial score (nSPS) is 12.2. The summed E-state index contributed by atoms with van der Waals surface area (Å²) in [5, 5.41) is 0. The summed E-state index contributed by atoms with van der Waals surface area (Å²) in [4.78, 5) is 0. The van der Waals surface area contributed by atoms with Crippen molar-refractivity contribution < 1.29 is 8.39 Å². The first-order valence-electron chi connectivity index (χ1n) is 0.956. The zero-order valence-corrected chi connectivity index (χ0v) is 4.38. The molecule has 0 aromatic rings. The maximum atomic E-state index is 9.55. The molecule has 0 aliphatic carbocycles. The van der Waals surface area contributed by atoms with E-state index in [0.29, 0.717) is 0 Å². The lowest BCUT2D eigenvalue weighted by atomic mass is 11.8. The van der Waals surface area contributed by atoms with E-state index in [-0.39, 0.29) is 7.43 Å². The summed E-state index contributed by atoms with van der Waals surface area (Å²) >= 11 is 4.07. The van der Waals surface area contributed by atoms with Crippen LogP contribution < -0.4 is 0 Å². The van der Waals surface area contributed by atoms with Crippen molar-refractivity contribution in [1.82, 2.24) is 0 Å². The van der Waals surface area contributed by atoms with Crippen LogP contribution in [0.5, 0.6) is 0 Å². The van der Waals surface area contributed by atoms with Gasteiger partial charge in [0.2, 0.25) is 0 Å². The number of hydrogen-bond donors (Lipinski definition) is 1. The smallest absolute Gasteiger partial charge is 0.132 e. The summed E-state index contributed by atoms with van der Waals surface area (Å²) < 4.78 is 13.6. The van der Waals surface area contributed by atoms with Gasteiger partial charge >= 0.3 is 0 Å². The minimum atomic E-state index is -1.76. The van der Waals surface area contributed by atoms with E-state index >= 15 is 0 Å². The van der Waals surface area contributed by atoms with E-state index in [1.807, 2.05) is 0 Å². The molecular weight excluding hydrogens is 120 g/mol. The van der Waals surface area contributed by atoms with Gasteiger partial charge < -0.3 is 0 Å². The first-order chi connectivity index (χ1) is 2.27. The zero-order valence-electron chi connectivity index (χ0n) is 2.67. The molecule has 0 N–H and O–H groups in total. The summed E-state index contributed by atoms with van der Waals surface area (Å²) in [6.45, 7) is 0. The van der Waals surface area contributed by atoms with Gasteiger partial charge in [0.1, 0.15) is 9.64 Å². The Balaban J connectivity index is 0. The van der Waals surface area contributed by atoms with Crippen molar-refractivity contribution in [3.8, 4) is 0 Å². The summed E-state index contributed by atoms with van der Waals surface area (Å²) in [5.74, 6) is 0. The molecule has 0 spiro atoms. The van der Waals surface area contributed by atoms with Crippen molar-refractivity contribution in [2.75, 3.05) is 7.11 Å². The molecule has 2 nitrogen and oxygen atoms in total. The molecule has 0 radical (unpaired) electrons. The summed E-state index contributed by atoms with van der Waals surface area (Å²) in [6, 6.07) is 0. The topological polar surface area (TPSA) is 26.3 Å². The first kappa shape index (κ1) is 9.59. The van der Waals surface area contributed by atoms with Crippen LogP contribution in [-0.2, 0) is 25.0 Å². The molecule has 0 saturated carbocycles. The van der Waals surface area contributed by atoms with Crippen LogP contribution >= 0.6 is 0 Å². The van der Waals surface area contributed by atoms with Crippen LogP contribution in [0.1, 0.15) is 7.43 Å². The Kier molecular flexibility index (Phi) is 8.52. The number of hydrogen-bond acceptors (Lipinski definition) is 3. The SMILES string of the molecule is C.CO[SH](=O)=S. The highest BCUT2D eigenvalue weighted by molar-refractivity contribution is 8.19. The van der Waals surface area contributed by atoms with E-state index in [9.17, 15) is 4.21 Å². The highest BCUT2D eigenvalue weighted by atomic mass is 32.8. The number of rotatable bonds is 1. The van der Waals surface area contributed by atoms with Crippen LogP contribution in [0.3, 0.4) is 0 Å². The molecule has 1 unspecified atom stereocenters. The minimum Gasteiger partial charge on any atom is -0.295 e. The van der Waals surface area contributed by atoms with E-state index in [4.69, 9.17) is 0 Å². The molecule has 0 saturated heterocycles. The molecule has 0 aliphatic rings. The van der Waals surface area contributed by atoms with Gasteiger partial charge in [0.15, 0.2) is 0 Å². The highest BCUT2D eigenvalue weighted by Gasteiger charge is 1.57. The van der Waals surface area contributed by atoms with E-state index in [1.165, 1.54) is 7.11 Å². The molecular formula is C2H8O2S2. The van der Waals surface area contributed by atoms with Crippen molar-refractivity contribution in [3.05, 3.63) is 0 Å². The molecule has 6 heavy (non-hydrogen) atoms. The van der Waals surface area contributed by atoms with Crippen molar-refractivity contribution in [2.45, 2.75) is 7.43 Å². The third-order valence-electron chi connectivity index (χ3n) is 0.149. The van der Waals surface area contributed by atoms with Crippen molar-refractivity contribution in [2.24, 2.45) is 0 Å². The quantitative estimate of drug-likeness (QED) is 0.508. The Labute approximate surface area is 44.4 Å². The van der Waals surface area contributed by atoms with Crippen LogP contribution in [0.25, 0.3) is 0 Å². The third-order valence-corrected chi connectivity index (χ3v) is 0.894. The van der Waals surface area contributed by atoms with Gasteiger partial charge in [-0.05, 0) is 0 Å². The van der Waals surface area contributed by atoms with Crippen molar-refractivity contribution in [1.29, 1.82) is 0 Å². The van der Waals surface area contributed by atoms with Gasteiger partial charge in [-0.3, -0.25) is 4.18 Å². The summed E-state index contributed by atoms with van der Waals surface area (Å²) in [7, 11) is -0.454. The van der Waals surface area contributed by atoms with Gasteiger partial charge in [-0.1, -0.05) is 7.43 Å². The predicted octanol–water partition coefficient (Wildman–Crippen LogP) is 0.127. The molecule has 0 fully saturated rings. The second kappa shape index (κ2) is 5.33. The fraction of sp³-hybridized carbons (Fsp3) is 1.00. The Bertz CT molecular complexity index is 67.6. The van der Waals surface area contributed by atoms with Crippen LogP contribution in [0, 0.1) is 0 Å². The average molecular weight is 128 g/mol. The Morgan fingerprint density at radius 3 is 2.00 bits per heavy atom. The minimum absolute atomic E-state index is 0. The highest BCUT2D eigenvalue weighted by Crippen LogP contribution is 1.55. The molecule has 0 rings (SSSR count). The molecule has 0 bridgehead atoms. The molecule has 0 amide bonds. The molecule has 4 heteroatoms. The Morgan fingerprint density at radius 1 is 1.83 bits per heavy atom. The largest absolute Gasteiger partial charge is 0.295 e. The second-order valence-electron chi connectivity index (χ2n) is 0.406. The van der Waals surface area contributed by atoms with Crippen LogP contribution in [0.2, 0.25) is 0 Å². The lowest BCUT2D eigenvalue weighted by Crippen LogP contribution is -1.70. The van der Waals surface area contributed by atoms with Crippen LogP contribution in [0.15, 0.2) is 0 Å². The monoisotopic (exact) mass is 128 g/mol. The van der Waals surface area contributed by atoms with Crippen molar-refractivity contribution in [3.63, 3.8) is 0 Å². The average Bonchev–Trinajstić information content (AvgIpc) is 1.38. The van der Waals surface area contributed by atoms with E-state index in [0.717, 1.165) is 0 Å². The van der Waals surface area contributed by atoms with Gasteiger partial charge in [0.25, 0.3) is 0 Å². The van der Waals surface area contributed by atoms with Crippen molar-refractivity contribution >= 4 is 20.8 Å². The Hall–Kier alpha value is 0.330. The molecule has 0 heterocycles. The fourth-order valence-electron chi connectivity index (χ4n) is 0. The second-order valence-corrected chi connectivity index (χ2v) is 2.11. The maximum absolute atomic E-state index is 9.55. The molecule has 40 valence electrons. The molecule has 0 aliphatic heterocycles. The van der Waals surface area contributed by atoms with Gasteiger partial charge in [-0.15, -0.1) is 0 Å². The van der Waals surface area contributed by atoms with E-state index in [2.05, 4.69) is 15.4 Å². The number of thiol groups is 1. The Morgan fingerprint density at radius 2 is 2.00 bits per heavy atom. The van der Waals surface area contributed by atoms with E-state index in [1.54, 1.807) is 0 Å².